The molecule has 35 heavy (non-hydrogen) atoms. The molecule has 2 atom stereocenters. The summed E-state index contributed by atoms with van der Waals surface area (Å²) >= 11 is 0. The molecule has 2 unspecified atom stereocenters. The molecule has 1 aliphatic rings. The second kappa shape index (κ2) is 12.7. The Bertz CT molecular complexity index is 1010. The number of hydrogen-bond acceptors (Lipinski definition) is 7. The molecule has 1 heterocycles. The number of ether oxygens (including phenoxy) is 2. The Balaban J connectivity index is 1.68. The molecule has 0 aliphatic carbocycles. The van der Waals surface area contributed by atoms with Crippen molar-refractivity contribution in [3.05, 3.63) is 71.8 Å². The standard InChI is InChI=1S/C26H31N3O6/c1-19(30)34-23(25(32)27-17-21-9-5-3-6-10-21)24(35-20(2)31)26(33)29-15-13-28(14-16-29)18-22-11-7-4-8-12-22/h3-12,23-24H,13-18H2,1-2H3,(H,27,32). The molecule has 1 N–H and O–H groups in total. The normalized spacial score (nSPS) is 15.5. The minimum Gasteiger partial charge on any atom is -0.448 e. The van der Waals surface area contributed by atoms with Gasteiger partial charge in [0.15, 0.2) is 0 Å². The Morgan fingerprint density at radius 3 is 1.83 bits per heavy atom. The van der Waals surface area contributed by atoms with Crippen LogP contribution in [0.1, 0.15) is 25.0 Å². The zero-order valence-corrected chi connectivity index (χ0v) is 20.0. The van der Waals surface area contributed by atoms with Gasteiger partial charge in [0.25, 0.3) is 11.8 Å². The third-order valence-electron chi connectivity index (χ3n) is 5.61. The van der Waals surface area contributed by atoms with Crippen LogP contribution in [-0.2, 0) is 41.7 Å². The lowest BCUT2D eigenvalue weighted by atomic mass is 10.1. The first-order valence-corrected chi connectivity index (χ1v) is 11.5. The quantitative estimate of drug-likeness (QED) is 0.542. The van der Waals surface area contributed by atoms with E-state index in [9.17, 15) is 19.2 Å². The van der Waals surface area contributed by atoms with Gasteiger partial charge in [-0.1, -0.05) is 60.7 Å². The van der Waals surface area contributed by atoms with E-state index in [2.05, 4.69) is 10.2 Å². The number of piperazine rings is 1. The van der Waals surface area contributed by atoms with Gasteiger partial charge in [-0.3, -0.25) is 24.1 Å². The molecule has 0 aromatic heterocycles. The maximum Gasteiger partial charge on any atom is 0.303 e. The van der Waals surface area contributed by atoms with E-state index in [0.29, 0.717) is 26.2 Å². The van der Waals surface area contributed by atoms with E-state index < -0.39 is 36.0 Å². The van der Waals surface area contributed by atoms with Crippen LogP contribution in [0, 0.1) is 0 Å². The molecule has 1 saturated heterocycles. The Labute approximate surface area is 205 Å². The molecule has 0 spiro atoms. The van der Waals surface area contributed by atoms with Crippen molar-refractivity contribution in [1.29, 1.82) is 0 Å². The van der Waals surface area contributed by atoms with Crippen LogP contribution in [-0.4, -0.2) is 71.9 Å². The number of carbonyl (C=O) groups is 4. The number of benzene rings is 2. The van der Waals surface area contributed by atoms with Crippen molar-refractivity contribution >= 4 is 23.8 Å². The molecule has 9 heteroatoms. The van der Waals surface area contributed by atoms with E-state index in [1.165, 1.54) is 10.5 Å². The molecular formula is C26H31N3O6. The third kappa shape index (κ3) is 7.92. The number of esters is 2. The number of amides is 2. The van der Waals surface area contributed by atoms with E-state index in [1.807, 2.05) is 60.7 Å². The number of carbonyl (C=O) groups excluding carboxylic acids is 4. The number of nitrogens with one attached hydrogen (secondary N) is 1. The van der Waals surface area contributed by atoms with Gasteiger partial charge in [-0.25, -0.2) is 0 Å². The molecule has 186 valence electrons. The highest BCUT2D eigenvalue weighted by molar-refractivity contribution is 5.93. The topological polar surface area (TPSA) is 105 Å². The molecule has 9 nitrogen and oxygen atoms in total. The summed E-state index contributed by atoms with van der Waals surface area (Å²) < 4.78 is 10.4. The van der Waals surface area contributed by atoms with Gasteiger partial charge in [0.2, 0.25) is 12.2 Å². The summed E-state index contributed by atoms with van der Waals surface area (Å²) in [4.78, 5) is 53.7. The highest BCUT2D eigenvalue weighted by atomic mass is 16.6. The van der Waals surface area contributed by atoms with Crippen LogP contribution in [0.2, 0.25) is 0 Å². The smallest absolute Gasteiger partial charge is 0.303 e. The van der Waals surface area contributed by atoms with Crippen molar-refractivity contribution in [2.45, 2.75) is 39.1 Å². The van der Waals surface area contributed by atoms with E-state index in [-0.39, 0.29) is 6.54 Å². The number of rotatable bonds is 9. The largest absolute Gasteiger partial charge is 0.448 e. The summed E-state index contributed by atoms with van der Waals surface area (Å²) in [6, 6.07) is 19.2. The Morgan fingerprint density at radius 1 is 0.771 bits per heavy atom. The van der Waals surface area contributed by atoms with Crippen LogP contribution < -0.4 is 5.32 Å². The molecule has 0 bridgehead atoms. The van der Waals surface area contributed by atoms with Gasteiger partial charge in [-0.05, 0) is 11.1 Å². The van der Waals surface area contributed by atoms with E-state index in [1.54, 1.807) is 0 Å². The van der Waals surface area contributed by atoms with Gasteiger partial charge in [0.05, 0.1) is 0 Å². The maximum atomic E-state index is 13.4. The van der Waals surface area contributed by atoms with Gasteiger partial charge >= 0.3 is 11.9 Å². The summed E-state index contributed by atoms with van der Waals surface area (Å²) in [5.74, 6) is -2.80. The van der Waals surface area contributed by atoms with Gasteiger partial charge in [-0.15, -0.1) is 0 Å². The fraction of sp³-hybridized carbons (Fsp3) is 0.385. The summed E-state index contributed by atoms with van der Waals surface area (Å²) in [5, 5.41) is 2.66. The van der Waals surface area contributed by atoms with Gasteiger partial charge in [0.1, 0.15) is 0 Å². The fourth-order valence-electron chi connectivity index (χ4n) is 3.89. The van der Waals surface area contributed by atoms with Crippen LogP contribution in [0.3, 0.4) is 0 Å². The van der Waals surface area contributed by atoms with Crippen molar-refractivity contribution in [2.24, 2.45) is 0 Å². The highest BCUT2D eigenvalue weighted by Crippen LogP contribution is 2.15. The second-order valence-electron chi connectivity index (χ2n) is 8.35. The van der Waals surface area contributed by atoms with Crippen molar-refractivity contribution < 1.29 is 28.7 Å². The molecule has 1 fully saturated rings. The lowest BCUT2D eigenvalue weighted by molar-refractivity contribution is -0.178. The number of nitrogens with zero attached hydrogens (tertiary/aromatic N) is 2. The predicted molar refractivity (Wildman–Crippen MR) is 128 cm³/mol. The summed E-state index contributed by atoms with van der Waals surface area (Å²) in [6.45, 7) is 5.21. The van der Waals surface area contributed by atoms with Crippen LogP contribution in [0.5, 0.6) is 0 Å². The average molecular weight is 482 g/mol. The molecule has 0 saturated carbocycles. The van der Waals surface area contributed by atoms with Crippen LogP contribution in [0.25, 0.3) is 0 Å². The predicted octanol–water partition coefficient (Wildman–Crippen LogP) is 1.51. The molecule has 2 amide bonds. The van der Waals surface area contributed by atoms with Crippen LogP contribution in [0.4, 0.5) is 0 Å². The molecule has 2 aromatic carbocycles. The highest BCUT2D eigenvalue weighted by Gasteiger charge is 2.42. The molecular weight excluding hydrogens is 450 g/mol. The SMILES string of the molecule is CC(=O)OC(C(=O)NCc1ccccc1)C(OC(C)=O)C(=O)N1CCN(Cc2ccccc2)CC1. The zero-order valence-electron chi connectivity index (χ0n) is 20.0. The minimum absolute atomic E-state index is 0.163. The monoisotopic (exact) mass is 481 g/mol. The molecule has 0 radical (unpaired) electrons. The Morgan fingerprint density at radius 2 is 1.29 bits per heavy atom. The lowest BCUT2D eigenvalue weighted by Gasteiger charge is -2.37. The molecule has 2 aromatic rings. The van der Waals surface area contributed by atoms with Crippen LogP contribution in [0.15, 0.2) is 60.7 Å². The first kappa shape index (κ1) is 25.9. The van der Waals surface area contributed by atoms with E-state index in [4.69, 9.17) is 9.47 Å². The average Bonchev–Trinajstić information content (AvgIpc) is 2.85. The van der Waals surface area contributed by atoms with Gasteiger partial charge in [-0.2, -0.15) is 0 Å². The summed E-state index contributed by atoms with van der Waals surface area (Å²) in [5.41, 5.74) is 2.00. The first-order chi connectivity index (χ1) is 16.8. The Hall–Kier alpha value is -3.72. The molecule has 1 aliphatic heterocycles. The fourth-order valence-corrected chi connectivity index (χ4v) is 3.89. The van der Waals surface area contributed by atoms with E-state index in [0.717, 1.165) is 26.0 Å². The van der Waals surface area contributed by atoms with Crippen molar-refractivity contribution in [3.63, 3.8) is 0 Å². The minimum atomic E-state index is -1.60. The Kier molecular flexibility index (Phi) is 9.37. The maximum absolute atomic E-state index is 13.4. The first-order valence-electron chi connectivity index (χ1n) is 11.5. The van der Waals surface area contributed by atoms with Gasteiger partial charge < -0.3 is 19.7 Å². The zero-order chi connectivity index (χ0) is 25.2. The van der Waals surface area contributed by atoms with Crippen LogP contribution >= 0.6 is 0 Å². The number of hydrogen-bond donors (Lipinski definition) is 1. The van der Waals surface area contributed by atoms with Gasteiger partial charge in [0, 0.05) is 53.1 Å². The van der Waals surface area contributed by atoms with Crippen molar-refractivity contribution in [2.75, 3.05) is 26.2 Å². The summed E-state index contributed by atoms with van der Waals surface area (Å²) in [6.07, 6.45) is -3.18. The third-order valence-corrected chi connectivity index (χ3v) is 5.61. The van der Waals surface area contributed by atoms with Crippen molar-refractivity contribution in [3.8, 4) is 0 Å². The second-order valence-corrected chi connectivity index (χ2v) is 8.35. The van der Waals surface area contributed by atoms with E-state index >= 15 is 0 Å². The van der Waals surface area contributed by atoms with Crippen molar-refractivity contribution in [1.82, 2.24) is 15.1 Å². The summed E-state index contributed by atoms with van der Waals surface area (Å²) in [7, 11) is 0. The molecule has 3 rings (SSSR count). The lowest BCUT2D eigenvalue weighted by Crippen LogP contribution is -2.57.